The molecule has 7 nitrogen and oxygen atoms in total. The van der Waals surface area contributed by atoms with E-state index < -0.39 is 30.2 Å². The average Bonchev–Trinajstić information content (AvgIpc) is 3.02. The highest BCUT2D eigenvalue weighted by molar-refractivity contribution is 6.30. The molecule has 1 aromatic heterocycles. The van der Waals surface area contributed by atoms with Gasteiger partial charge in [-0.3, -0.25) is 14.1 Å². The smallest absolute Gasteiger partial charge is 0.408 e. The molecular formula is C20H20ClF3N2O5. The first-order valence-corrected chi connectivity index (χ1v) is 9.77. The van der Waals surface area contributed by atoms with E-state index in [9.17, 15) is 22.8 Å². The van der Waals surface area contributed by atoms with E-state index in [1.54, 1.807) is 30.5 Å². The van der Waals surface area contributed by atoms with Crippen molar-refractivity contribution in [2.75, 3.05) is 6.61 Å². The fourth-order valence-corrected chi connectivity index (χ4v) is 3.09. The zero-order chi connectivity index (χ0) is 22.6. The number of hydrogen-bond acceptors (Lipinski definition) is 5. The van der Waals surface area contributed by atoms with Crippen LogP contribution in [0.5, 0.6) is 0 Å². The Morgan fingerprint density at radius 3 is 2.58 bits per heavy atom. The summed E-state index contributed by atoms with van der Waals surface area (Å²) < 4.78 is 51.9. The lowest BCUT2D eigenvalue weighted by Gasteiger charge is -2.34. The second kappa shape index (κ2) is 9.71. The molecule has 0 aliphatic heterocycles. The van der Waals surface area contributed by atoms with Crippen LogP contribution in [0.4, 0.5) is 13.2 Å². The molecule has 0 bridgehead atoms. The molecule has 11 heteroatoms. The highest BCUT2D eigenvalue weighted by Gasteiger charge is 2.40. The molecule has 1 aromatic carbocycles. The van der Waals surface area contributed by atoms with Gasteiger partial charge in [0.1, 0.15) is 6.61 Å². The molecule has 0 radical (unpaired) electrons. The number of ether oxygens (including phenoxy) is 2. The lowest BCUT2D eigenvalue weighted by molar-refractivity contribution is -0.357. The molecule has 2 aromatic rings. The summed E-state index contributed by atoms with van der Waals surface area (Å²) in [5.74, 6) is -0.641. The Bertz CT molecular complexity index is 978. The number of halogens is 4. The number of aryl methyl sites for hydroxylation is 1. The Hall–Kier alpha value is -2.56. The molecule has 3 rings (SSSR count). The second-order valence-corrected chi connectivity index (χ2v) is 7.49. The quantitative estimate of drug-likeness (QED) is 0.614. The number of rotatable bonds is 9. The van der Waals surface area contributed by atoms with Crippen LogP contribution in [-0.2, 0) is 20.8 Å². The fourth-order valence-electron chi connectivity index (χ4n) is 2.96. The van der Waals surface area contributed by atoms with E-state index in [0.717, 1.165) is 0 Å². The molecule has 168 valence electrons. The van der Waals surface area contributed by atoms with Gasteiger partial charge < -0.3 is 14.5 Å². The number of benzene rings is 1. The topological polar surface area (TPSA) is 82.7 Å². The molecule has 0 unspecified atom stereocenters. The van der Waals surface area contributed by atoms with Crippen molar-refractivity contribution in [2.45, 2.75) is 44.4 Å². The number of aromatic nitrogens is 1. The second-order valence-electron chi connectivity index (χ2n) is 7.05. The summed E-state index contributed by atoms with van der Waals surface area (Å²) >= 11 is 5.85. The molecular weight excluding hydrogens is 441 g/mol. The van der Waals surface area contributed by atoms with Gasteiger partial charge in [-0.05, 0) is 24.3 Å². The number of amides is 1. The van der Waals surface area contributed by atoms with Gasteiger partial charge in [-0.15, -0.1) is 13.2 Å². The number of nitrogens with zero attached hydrogens (tertiary/aromatic N) is 1. The number of carbonyl (C=O) groups excluding carboxylic acids is 1. The lowest BCUT2D eigenvalue weighted by Crippen LogP contribution is -2.42. The maximum absolute atomic E-state index is 12.1. The average molecular weight is 461 g/mol. The van der Waals surface area contributed by atoms with E-state index >= 15 is 0 Å². The number of nitrogens with one attached hydrogen (secondary N) is 1. The minimum atomic E-state index is -4.67. The summed E-state index contributed by atoms with van der Waals surface area (Å²) in [6, 6.07) is 6.81. The van der Waals surface area contributed by atoms with Crippen LogP contribution < -0.4 is 11.1 Å². The maximum atomic E-state index is 12.1. The van der Waals surface area contributed by atoms with Crippen molar-refractivity contribution >= 4 is 17.5 Å². The molecule has 1 saturated carbocycles. The molecule has 0 spiro atoms. The Morgan fingerprint density at radius 1 is 1.26 bits per heavy atom. The number of carbonyl (C=O) groups is 1. The fraction of sp³-hybridized carbons (Fsp3) is 0.400. The molecule has 1 aliphatic rings. The van der Waals surface area contributed by atoms with E-state index in [2.05, 4.69) is 16.6 Å². The largest absolute Gasteiger partial charge is 0.522 e. The van der Waals surface area contributed by atoms with Gasteiger partial charge in [-0.2, -0.15) is 0 Å². The Kier molecular flexibility index (Phi) is 7.24. The maximum Gasteiger partial charge on any atom is 0.522 e. The van der Waals surface area contributed by atoms with E-state index in [-0.39, 0.29) is 32.4 Å². The van der Waals surface area contributed by atoms with Crippen molar-refractivity contribution in [2.24, 2.45) is 0 Å². The minimum absolute atomic E-state index is 0.0765. The van der Waals surface area contributed by atoms with Crippen molar-refractivity contribution < 1.29 is 31.9 Å². The van der Waals surface area contributed by atoms with Gasteiger partial charge in [-0.25, -0.2) is 4.79 Å². The highest BCUT2D eigenvalue weighted by atomic mass is 35.5. The first-order chi connectivity index (χ1) is 14.6. The molecule has 1 amide bonds. The van der Waals surface area contributed by atoms with E-state index in [1.165, 1.54) is 4.57 Å². The Balaban J connectivity index is 1.38. The highest BCUT2D eigenvalue weighted by Crippen LogP contribution is 2.32. The molecule has 0 saturated heterocycles. The van der Waals surface area contributed by atoms with Crippen LogP contribution in [-0.4, -0.2) is 35.7 Å². The monoisotopic (exact) mass is 460 g/mol. The first-order valence-electron chi connectivity index (χ1n) is 9.39. The van der Waals surface area contributed by atoms with Gasteiger partial charge >= 0.3 is 12.1 Å². The summed E-state index contributed by atoms with van der Waals surface area (Å²) in [5, 5.41) is 3.10. The summed E-state index contributed by atoms with van der Waals surface area (Å²) in [6.07, 6.45) is -4.08. The zero-order valence-corrected chi connectivity index (χ0v) is 17.0. The van der Waals surface area contributed by atoms with Crippen LogP contribution in [0, 0.1) is 0 Å². The van der Waals surface area contributed by atoms with Crippen LogP contribution in [0.15, 0.2) is 51.9 Å². The molecule has 1 fully saturated rings. The van der Waals surface area contributed by atoms with Gasteiger partial charge in [0.15, 0.2) is 5.76 Å². The van der Waals surface area contributed by atoms with Gasteiger partial charge in [0.25, 0.3) is 0 Å². The van der Waals surface area contributed by atoms with E-state index in [1.807, 2.05) is 0 Å². The summed E-state index contributed by atoms with van der Waals surface area (Å²) in [7, 11) is 0. The molecule has 31 heavy (non-hydrogen) atoms. The summed E-state index contributed by atoms with van der Waals surface area (Å²) in [5.41, 5.74) is 1.06. The predicted molar refractivity (Wildman–Crippen MR) is 105 cm³/mol. The van der Waals surface area contributed by atoms with Crippen LogP contribution in [0.1, 0.15) is 19.3 Å². The van der Waals surface area contributed by atoms with Gasteiger partial charge in [0.05, 0.1) is 18.4 Å². The number of hydrogen-bond donors (Lipinski definition) is 1. The van der Waals surface area contributed by atoms with Crippen molar-refractivity contribution in [3.05, 3.63) is 58.3 Å². The van der Waals surface area contributed by atoms with Crippen LogP contribution in [0.25, 0.3) is 11.3 Å². The van der Waals surface area contributed by atoms with Crippen LogP contribution in [0.2, 0.25) is 5.02 Å². The first kappa shape index (κ1) is 23.1. The normalized spacial score (nSPS) is 18.5. The summed E-state index contributed by atoms with van der Waals surface area (Å²) in [4.78, 5) is 23.9. The number of allylic oxidation sites excluding steroid dienone is 1. The van der Waals surface area contributed by atoms with Crippen molar-refractivity contribution in [1.29, 1.82) is 0 Å². The minimum Gasteiger partial charge on any atom is -0.408 e. The summed E-state index contributed by atoms with van der Waals surface area (Å²) in [6.45, 7) is 3.65. The van der Waals surface area contributed by atoms with Gasteiger partial charge in [0.2, 0.25) is 5.91 Å². The standard InChI is InChI=1S/C20H20ClF3N2O5/c1-12(25-18(27)11-29-15-8-16(9-15)31-20(22,23)24)6-7-26-10-17(30-19(26)28)13-2-4-14(21)5-3-13/h2-5,10,15-16H,1,6-9,11H2,(H,25,27). The predicted octanol–water partition coefficient (Wildman–Crippen LogP) is 3.87. The number of alkyl halides is 3. The SMILES string of the molecule is C=C(CCn1cc(-c2ccc(Cl)cc2)oc1=O)NC(=O)COC1CC(OC(F)(F)F)C1. The molecule has 1 aliphatic carbocycles. The van der Waals surface area contributed by atoms with E-state index in [4.69, 9.17) is 20.8 Å². The third-order valence-corrected chi connectivity index (χ3v) is 4.86. The van der Waals surface area contributed by atoms with Crippen molar-refractivity contribution in [3.63, 3.8) is 0 Å². The van der Waals surface area contributed by atoms with Crippen molar-refractivity contribution in [1.82, 2.24) is 9.88 Å². The van der Waals surface area contributed by atoms with Crippen LogP contribution >= 0.6 is 11.6 Å². The Morgan fingerprint density at radius 2 is 1.94 bits per heavy atom. The molecule has 0 atom stereocenters. The van der Waals surface area contributed by atoms with Gasteiger partial charge in [0, 0.05) is 42.1 Å². The van der Waals surface area contributed by atoms with Crippen molar-refractivity contribution in [3.8, 4) is 11.3 Å². The Labute approximate surface area is 180 Å². The third kappa shape index (κ3) is 6.98. The molecule has 1 N–H and O–H groups in total. The van der Waals surface area contributed by atoms with Crippen LogP contribution in [0.3, 0.4) is 0 Å². The third-order valence-electron chi connectivity index (χ3n) is 4.61. The van der Waals surface area contributed by atoms with Gasteiger partial charge in [-0.1, -0.05) is 18.2 Å². The lowest BCUT2D eigenvalue weighted by atomic mass is 9.92. The molecule has 1 heterocycles. The zero-order valence-electron chi connectivity index (χ0n) is 16.3. The van der Waals surface area contributed by atoms with E-state index in [0.29, 0.717) is 22.0 Å². The number of oxazole rings is 1.